The van der Waals surface area contributed by atoms with Crippen LogP contribution in [0.1, 0.15) is 60.3 Å². The van der Waals surface area contributed by atoms with E-state index in [1.54, 1.807) is 6.08 Å². The summed E-state index contributed by atoms with van der Waals surface area (Å²) in [4.78, 5) is 0. The average Bonchev–Trinajstić information content (AvgIpc) is 3.00. The van der Waals surface area contributed by atoms with E-state index in [4.69, 9.17) is 14.2 Å². The summed E-state index contributed by atoms with van der Waals surface area (Å²) in [6.07, 6.45) is 5.26. The Morgan fingerprint density at radius 2 is 2.12 bits per heavy atom. The molecule has 0 amide bonds. The number of ether oxygens (including phenoxy) is 3. The summed E-state index contributed by atoms with van der Waals surface area (Å²) in [5.41, 5.74) is 1.33. The first-order valence-corrected chi connectivity index (χ1v) is 9.35. The fraction of sp³-hybridized carbons (Fsp3) is 0.800. The van der Waals surface area contributed by atoms with Gasteiger partial charge in [-0.05, 0) is 59.0 Å². The van der Waals surface area contributed by atoms with Crippen LogP contribution < -0.4 is 0 Å². The minimum atomic E-state index is -0.722. The monoisotopic (exact) mass is 354 g/mol. The van der Waals surface area contributed by atoms with Crippen molar-refractivity contribution in [2.45, 2.75) is 90.5 Å². The van der Waals surface area contributed by atoms with E-state index in [1.807, 2.05) is 13.8 Å². The molecule has 0 bridgehead atoms. The quantitative estimate of drug-likeness (QED) is 0.655. The molecule has 2 aliphatic rings. The molecule has 0 aromatic carbocycles. The molecule has 5 heteroatoms. The van der Waals surface area contributed by atoms with Crippen LogP contribution in [0.5, 0.6) is 0 Å². The molecule has 1 unspecified atom stereocenters. The zero-order chi connectivity index (χ0) is 18.6. The molecule has 5 nitrogen and oxygen atoms in total. The maximum Gasteiger partial charge on any atom is 0.163 e. The Balaban J connectivity index is 1.75. The van der Waals surface area contributed by atoms with E-state index < -0.39 is 24.1 Å². The Morgan fingerprint density at radius 1 is 1.40 bits per heavy atom. The molecular formula is C20H34O5. The number of allylic oxidation sites excluding steroid dienone is 2. The topological polar surface area (TPSA) is 68.2 Å². The van der Waals surface area contributed by atoms with E-state index in [-0.39, 0.29) is 6.10 Å². The maximum atomic E-state index is 10.3. The molecule has 2 heterocycles. The van der Waals surface area contributed by atoms with Gasteiger partial charge >= 0.3 is 0 Å². The summed E-state index contributed by atoms with van der Waals surface area (Å²) < 4.78 is 17.2. The van der Waals surface area contributed by atoms with Gasteiger partial charge in [0.15, 0.2) is 11.9 Å². The highest BCUT2D eigenvalue weighted by atomic mass is 16.8. The van der Waals surface area contributed by atoms with Crippen molar-refractivity contribution in [3.63, 3.8) is 0 Å². The highest BCUT2D eigenvalue weighted by Crippen LogP contribution is 2.32. The van der Waals surface area contributed by atoms with E-state index in [0.29, 0.717) is 24.7 Å². The summed E-state index contributed by atoms with van der Waals surface area (Å²) in [5, 5.41) is 20.6. The summed E-state index contributed by atoms with van der Waals surface area (Å²) in [6.45, 7) is 10.5. The SMILES string of the molecule is CC(C)=CCC[C@@H](C)CC(O)CC1=C[C@@H](O)[C@@H]([C@H]2COC(C)(C)O2)O1. The van der Waals surface area contributed by atoms with Crippen molar-refractivity contribution in [1.82, 2.24) is 0 Å². The molecule has 0 radical (unpaired) electrons. The van der Waals surface area contributed by atoms with Crippen LogP contribution in [-0.4, -0.2) is 47.0 Å². The average molecular weight is 354 g/mol. The van der Waals surface area contributed by atoms with Crippen molar-refractivity contribution in [2.24, 2.45) is 5.92 Å². The predicted molar refractivity (Wildman–Crippen MR) is 96.9 cm³/mol. The van der Waals surface area contributed by atoms with Gasteiger partial charge < -0.3 is 24.4 Å². The predicted octanol–water partition coefficient (Wildman–Crippen LogP) is 3.31. The van der Waals surface area contributed by atoms with Gasteiger partial charge in [-0.1, -0.05) is 18.6 Å². The second-order valence-electron chi connectivity index (χ2n) is 8.13. The van der Waals surface area contributed by atoms with Crippen LogP contribution in [0, 0.1) is 5.92 Å². The molecule has 2 N–H and O–H groups in total. The van der Waals surface area contributed by atoms with Crippen LogP contribution in [0.4, 0.5) is 0 Å². The van der Waals surface area contributed by atoms with Gasteiger partial charge in [-0.2, -0.15) is 0 Å². The van der Waals surface area contributed by atoms with Gasteiger partial charge in [-0.3, -0.25) is 0 Å². The van der Waals surface area contributed by atoms with Gasteiger partial charge in [0, 0.05) is 6.42 Å². The molecule has 144 valence electrons. The van der Waals surface area contributed by atoms with Crippen molar-refractivity contribution in [1.29, 1.82) is 0 Å². The van der Waals surface area contributed by atoms with E-state index in [2.05, 4.69) is 26.8 Å². The Bertz CT molecular complexity index is 492. The van der Waals surface area contributed by atoms with Crippen LogP contribution in [0.2, 0.25) is 0 Å². The zero-order valence-corrected chi connectivity index (χ0v) is 16.2. The number of rotatable bonds is 8. The highest BCUT2D eigenvalue weighted by Gasteiger charge is 2.43. The molecule has 0 saturated carbocycles. The second kappa shape index (κ2) is 8.67. The lowest BCUT2D eigenvalue weighted by Gasteiger charge is -2.24. The molecule has 0 aliphatic carbocycles. The minimum absolute atomic E-state index is 0.293. The van der Waals surface area contributed by atoms with E-state index in [1.165, 1.54) is 5.57 Å². The molecular weight excluding hydrogens is 320 g/mol. The van der Waals surface area contributed by atoms with Gasteiger partial charge in [0.25, 0.3) is 0 Å². The van der Waals surface area contributed by atoms with E-state index >= 15 is 0 Å². The molecule has 0 spiro atoms. The number of hydrogen-bond donors (Lipinski definition) is 2. The smallest absolute Gasteiger partial charge is 0.163 e. The largest absolute Gasteiger partial charge is 0.489 e. The van der Waals surface area contributed by atoms with Gasteiger partial charge in [-0.15, -0.1) is 0 Å². The van der Waals surface area contributed by atoms with Gasteiger partial charge in [-0.25, -0.2) is 0 Å². The van der Waals surface area contributed by atoms with Crippen molar-refractivity contribution in [3.05, 3.63) is 23.5 Å². The maximum absolute atomic E-state index is 10.3. The molecule has 5 atom stereocenters. The lowest BCUT2D eigenvalue weighted by Crippen LogP contribution is -2.37. The van der Waals surface area contributed by atoms with Gasteiger partial charge in [0.2, 0.25) is 0 Å². The summed E-state index contributed by atoms with van der Waals surface area (Å²) in [6, 6.07) is 0. The normalized spacial score (nSPS) is 30.5. The van der Waals surface area contributed by atoms with Crippen LogP contribution in [-0.2, 0) is 14.2 Å². The lowest BCUT2D eigenvalue weighted by atomic mass is 9.96. The molecule has 0 aromatic rings. The Kier molecular flexibility index (Phi) is 7.09. The first kappa shape index (κ1) is 20.4. The Hall–Kier alpha value is -0.880. The third-order valence-electron chi connectivity index (χ3n) is 4.70. The number of aliphatic hydroxyl groups is 2. The third kappa shape index (κ3) is 6.41. The number of hydrogen-bond acceptors (Lipinski definition) is 5. The second-order valence-corrected chi connectivity index (χ2v) is 8.13. The van der Waals surface area contributed by atoms with Crippen LogP contribution in [0.15, 0.2) is 23.5 Å². The molecule has 25 heavy (non-hydrogen) atoms. The van der Waals surface area contributed by atoms with E-state index in [0.717, 1.165) is 19.3 Å². The van der Waals surface area contributed by atoms with E-state index in [9.17, 15) is 10.2 Å². The fourth-order valence-electron chi connectivity index (χ4n) is 3.41. The van der Waals surface area contributed by atoms with Crippen LogP contribution >= 0.6 is 0 Å². The fourth-order valence-corrected chi connectivity index (χ4v) is 3.41. The van der Waals surface area contributed by atoms with Crippen LogP contribution in [0.25, 0.3) is 0 Å². The standard InChI is InChI=1S/C20H34O5/c1-13(2)7-6-8-14(3)9-15(21)10-16-11-17(22)19(24-16)18-12-23-20(4,5)25-18/h7,11,14-15,17-19,21-22H,6,8-10,12H2,1-5H3/t14-,15?,17-,18-,19+/m1/s1. The molecule has 0 aromatic heterocycles. The first-order chi connectivity index (χ1) is 11.7. The summed E-state index contributed by atoms with van der Waals surface area (Å²) in [7, 11) is 0. The van der Waals surface area contributed by atoms with Crippen molar-refractivity contribution >= 4 is 0 Å². The number of aliphatic hydroxyl groups excluding tert-OH is 2. The van der Waals surface area contributed by atoms with Gasteiger partial charge in [0.1, 0.15) is 12.2 Å². The Labute approximate surface area is 151 Å². The molecule has 1 fully saturated rings. The van der Waals surface area contributed by atoms with Crippen molar-refractivity contribution in [3.8, 4) is 0 Å². The summed E-state index contributed by atoms with van der Waals surface area (Å²) >= 11 is 0. The Morgan fingerprint density at radius 3 is 2.72 bits per heavy atom. The minimum Gasteiger partial charge on any atom is -0.489 e. The summed E-state index contributed by atoms with van der Waals surface area (Å²) in [5.74, 6) is 0.451. The third-order valence-corrected chi connectivity index (χ3v) is 4.70. The molecule has 2 rings (SSSR count). The first-order valence-electron chi connectivity index (χ1n) is 9.35. The van der Waals surface area contributed by atoms with Gasteiger partial charge in [0.05, 0.1) is 18.5 Å². The molecule has 1 saturated heterocycles. The lowest BCUT2D eigenvalue weighted by molar-refractivity contribution is -0.157. The van der Waals surface area contributed by atoms with Crippen LogP contribution in [0.3, 0.4) is 0 Å². The van der Waals surface area contributed by atoms with Crippen molar-refractivity contribution < 1.29 is 24.4 Å². The van der Waals surface area contributed by atoms with Crippen molar-refractivity contribution in [2.75, 3.05) is 6.61 Å². The molecule has 2 aliphatic heterocycles. The zero-order valence-electron chi connectivity index (χ0n) is 16.2. The highest BCUT2D eigenvalue weighted by molar-refractivity contribution is 5.10.